The van der Waals surface area contributed by atoms with Gasteiger partial charge in [-0.05, 0) is 13.0 Å². The molecule has 0 aliphatic rings. The summed E-state index contributed by atoms with van der Waals surface area (Å²) in [6.45, 7) is 4.46. The first-order chi connectivity index (χ1) is 7.86. The molecule has 0 atom stereocenters. The zero-order chi connectivity index (χ0) is 13.1. The molecule has 6 nitrogen and oxygen atoms in total. The fourth-order valence-electron chi connectivity index (χ4n) is 1.08. The van der Waals surface area contributed by atoms with Gasteiger partial charge >= 0.3 is 0 Å². The van der Waals surface area contributed by atoms with Crippen LogP contribution in [-0.2, 0) is 10.0 Å². The molecule has 1 aromatic heterocycles. The zero-order valence-electron chi connectivity index (χ0n) is 9.98. The highest BCUT2D eigenvalue weighted by Gasteiger charge is 2.19. The summed E-state index contributed by atoms with van der Waals surface area (Å²) in [7, 11) is -2.36. The minimum absolute atomic E-state index is 0.194. The van der Waals surface area contributed by atoms with Crippen LogP contribution in [-0.4, -0.2) is 27.9 Å². The molecular weight excluding hydrogens is 244 g/mol. The molecule has 17 heavy (non-hydrogen) atoms. The number of hydrogen-bond donors (Lipinski definition) is 2. The van der Waals surface area contributed by atoms with E-state index in [0.717, 1.165) is 6.26 Å². The maximum atomic E-state index is 11.6. The van der Waals surface area contributed by atoms with Crippen molar-refractivity contribution < 1.29 is 17.6 Å². The molecule has 1 aromatic rings. The lowest BCUT2D eigenvalue weighted by atomic mass is 10.2. The lowest BCUT2D eigenvalue weighted by Gasteiger charge is -2.05. The second kappa shape index (κ2) is 5.33. The number of amides is 1. The minimum atomic E-state index is -3.64. The first kappa shape index (κ1) is 13.7. The molecule has 0 fully saturated rings. The van der Waals surface area contributed by atoms with Crippen molar-refractivity contribution in [1.82, 2.24) is 10.0 Å². The van der Waals surface area contributed by atoms with Crippen molar-refractivity contribution in [2.24, 2.45) is 5.92 Å². The maximum absolute atomic E-state index is 11.6. The van der Waals surface area contributed by atoms with E-state index in [1.165, 1.54) is 13.1 Å². The number of furan rings is 1. The Bertz CT molecular complexity index is 490. The van der Waals surface area contributed by atoms with Crippen LogP contribution in [0.3, 0.4) is 0 Å². The molecule has 0 unspecified atom stereocenters. The number of nitrogens with one attached hydrogen (secondary N) is 2. The molecule has 0 aromatic carbocycles. The number of carbonyl (C=O) groups excluding carboxylic acids is 1. The zero-order valence-corrected chi connectivity index (χ0v) is 10.8. The van der Waals surface area contributed by atoms with Gasteiger partial charge in [-0.3, -0.25) is 4.79 Å². The summed E-state index contributed by atoms with van der Waals surface area (Å²) < 4.78 is 29.7. The van der Waals surface area contributed by atoms with Gasteiger partial charge in [0, 0.05) is 12.6 Å². The van der Waals surface area contributed by atoms with Gasteiger partial charge in [0.2, 0.25) is 5.09 Å². The van der Waals surface area contributed by atoms with E-state index < -0.39 is 10.0 Å². The molecule has 0 radical (unpaired) electrons. The molecular formula is C10H16N2O4S. The van der Waals surface area contributed by atoms with Crippen LogP contribution in [0.1, 0.15) is 24.2 Å². The topological polar surface area (TPSA) is 88.4 Å². The molecule has 1 rings (SSSR count). The summed E-state index contributed by atoms with van der Waals surface area (Å²) in [5.74, 6) is -0.0219. The van der Waals surface area contributed by atoms with Gasteiger partial charge in [0.1, 0.15) is 6.26 Å². The van der Waals surface area contributed by atoms with Gasteiger partial charge < -0.3 is 9.73 Å². The standard InChI is InChI=1S/C10H16N2O4S/c1-7(2)5-12-10(13)8-4-9(16-6-8)17(14,15)11-3/h4,6-7,11H,5H2,1-3H3,(H,12,13). The summed E-state index contributed by atoms with van der Waals surface area (Å²) in [6.07, 6.45) is 1.12. The smallest absolute Gasteiger partial charge is 0.273 e. The Balaban J connectivity index is 2.78. The Labute approximate surface area is 100 Å². The Kier molecular flexibility index (Phi) is 4.30. The Morgan fingerprint density at radius 2 is 2.12 bits per heavy atom. The van der Waals surface area contributed by atoms with Crippen LogP contribution in [0.15, 0.2) is 21.8 Å². The van der Waals surface area contributed by atoms with Crippen LogP contribution in [0, 0.1) is 5.92 Å². The van der Waals surface area contributed by atoms with E-state index in [-0.39, 0.29) is 16.6 Å². The molecule has 2 N–H and O–H groups in total. The Morgan fingerprint density at radius 1 is 1.47 bits per heavy atom. The molecule has 96 valence electrons. The van der Waals surface area contributed by atoms with Crippen LogP contribution < -0.4 is 10.0 Å². The van der Waals surface area contributed by atoms with Gasteiger partial charge in [0.05, 0.1) is 5.56 Å². The van der Waals surface area contributed by atoms with Crippen molar-refractivity contribution in [1.29, 1.82) is 0 Å². The molecule has 0 aliphatic heterocycles. The number of rotatable bonds is 5. The van der Waals surface area contributed by atoms with Crippen molar-refractivity contribution in [3.63, 3.8) is 0 Å². The summed E-state index contributed by atoms with van der Waals surface area (Å²) in [6, 6.07) is 1.20. The molecule has 0 aliphatic carbocycles. The molecule has 0 saturated heterocycles. The van der Waals surface area contributed by atoms with E-state index >= 15 is 0 Å². The van der Waals surface area contributed by atoms with E-state index in [1.54, 1.807) is 0 Å². The molecule has 0 spiro atoms. The van der Waals surface area contributed by atoms with E-state index in [0.29, 0.717) is 12.5 Å². The maximum Gasteiger partial charge on any atom is 0.273 e. The predicted octanol–water partition coefficient (Wildman–Crippen LogP) is 0.573. The predicted molar refractivity (Wildman–Crippen MR) is 62.1 cm³/mol. The molecule has 7 heteroatoms. The van der Waals surface area contributed by atoms with E-state index in [2.05, 4.69) is 10.0 Å². The Hall–Kier alpha value is -1.34. The van der Waals surface area contributed by atoms with Crippen LogP contribution in [0.5, 0.6) is 0 Å². The number of carbonyl (C=O) groups is 1. The third kappa shape index (κ3) is 3.57. The quantitative estimate of drug-likeness (QED) is 0.810. The highest BCUT2D eigenvalue weighted by Crippen LogP contribution is 2.13. The first-order valence-electron chi connectivity index (χ1n) is 5.17. The summed E-state index contributed by atoms with van der Waals surface area (Å²) >= 11 is 0. The van der Waals surface area contributed by atoms with Gasteiger partial charge in [0.25, 0.3) is 15.9 Å². The minimum Gasteiger partial charge on any atom is -0.451 e. The number of sulfonamides is 1. The van der Waals surface area contributed by atoms with Crippen LogP contribution in [0.4, 0.5) is 0 Å². The van der Waals surface area contributed by atoms with Crippen LogP contribution >= 0.6 is 0 Å². The summed E-state index contributed by atoms with van der Waals surface area (Å²) in [4.78, 5) is 11.6. The normalized spacial score (nSPS) is 11.8. The Morgan fingerprint density at radius 3 is 2.65 bits per heavy atom. The van der Waals surface area contributed by atoms with Gasteiger partial charge in [-0.15, -0.1) is 0 Å². The first-order valence-corrected chi connectivity index (χ1v) is 6.65. The molecule has 1 heterocycles. The second-order valence-corrected chi connectivity index (χ2v) is 5.78. The van der Waals surface area contributed by atoms with Crippen molar-refractivity contribution >= 4 is 15.9 Å². The van der Waals surface area contributed by atoms with E-state index in [4.69, 9.17) is 4.42 Å². The summed E-state index contributed by atoms with van der Waals surface area (Å²) in [5.41, 5.74) is 0.194. The van der Waals surface area contributed by atoms with Gasteiger partial charge in [-0.2, -0.15) is 0 Å². The third-order valence-corrected chi connectivity index (χ3v) is 3.32. The second-order valence-electron chi connectivity index (χ2n) is 3.97. The van der Waals surface area contributed by atoms with Crippen molar-refractivity contribution in [2.75, 3.05) is 13.6 Å². The fourth-order valence-corrected chi connectivity index (χ4v) is 1.73. The van der Waals surface area contributed by atoms with E-state index in [9.17, 15) is 13.2 Å². The average molecular weight is 260 g/mol. The fraction of sp³-hybridized carbons (Fsp3) is 0.500. The highest BCUT2D eigenvalue weighted by atomic mass is 32.2. The van der Waals surface area contributed by atoms with Crippen molar-refractivity contribution in [3.8, 4) is 0 Å². The van der Waals surface area contributed by atoms with Crippen LogP contribution in [0.25, 0.3) is 0 Å². The lowest BCUT2D eigenvalue weighted by Crippen LogP contribution is -2.26. The van der Waals surface area contributed by atoms with Gasteiger partial charge in [-0.1, -0.05) is 13.8 Å². The molecule has 0 saturated carbocycles. The SMILES string of the molecule is CNS(=O)(=O)c1cc(C(=O)NCC(C)C)co1. The monoisotopic (exact) mass is 260 g/mol. The molecule has 0 bridgehead atoms. The average Bonchev–Trinajstić information content (AvgIpc) is 2.75. The van der Waals surface area contributed by atoms with Gasteiger partial charge in [-0.25, -0.2) is 13.1 Å². The summed E-state index contributed by atoms with van der Waals surface area (Å²) in [5, 5.41) is 2.40. The lowest BCUT2D eigenvalue weighted by molar-refractivity contribution is 0.0948. The van der Waals surface area contributed by atoms with Crippen LogP contribution in [0.2, 0.25) is 0 Å². The largest absolute Gasteiger partial charge is 0.451 e. The third-order valence-electron chi connectivity index (χ3n) is 2.04. The van der Waals surface area contributed by atoms with E-state index in [1.807, 2.05) is 13.8 Å². The number of hydrogen-bond acceptors (Lipinski definition) is 4. The highest BCUT2D eigenvalue weighted by molar-refractivity contribution is 7.89. The molecule has 1 amide bonds. The van der Waals surface area contributed by atoms with Crippen molar-refractivity contribution in [3.05, 3.63) is 17.9 Å². The van der Waals surface area contributed by atoms with Crippen molar-refractivity contribution in [2.45, 2.75) is 18.9 Å². The van der Waals surface area contributed by atoms with Gasteiger partial charge in [0.15, 0.2) is 0 Å².